The van der Waals surface area contributed by atoms with Crippen LogP contribution >= 0.6 is 11.3 Å². The maximum absolute atomic E-state index is 11.3. The first-order chi connectivity index (χ1) is 8.59. The number of aliphatic carboxylic acids is 1. The molecule has 1 aromatic heterocycles. The second-order valence-electron chi connectivity index (χ2n) is 5.29. The lowest BCUT2D eigenvalue weighted by atomic mass is 10.0. The van der Waals surface area contributed by atoms with E-state index in [-0.39, 0.29) is 12.0 Å². The molecule has 1 aliphatic carbocycles. The molecule has 2 rings (SSSR count). The molecule has 3 nitrogen and oxygen atoms in total. The molecule has 0 radical (unpaired) electrons. The summed E-state index contributed by atoms with van der Waals surface area (Å²) in [5, 5.41) is 11.4. The van der Waals surface area contributed by atoms with Crippen LogP contribution < -0.4 is 0 Å². The highest BCUT2D eigenvalue weighted by Crippen LogP contribution is 2.32. The molecule has 0 aromatic carbocycles. The topological polar surface area (TPSA) is 40.5 Å². The average molecular weight is 267 g/mol. The van der Waals surface area contributed by atoms with E-state index in [4.69, 9.17) is 0 Å². The summed E-state index contributed by atoms with van der Waals surface area (Å²) in [6.07, 6.45) is 2.88. The van der Waals surface area contributed by atoms with Gasteiger partial charge < -0.3 is 5.11 Å². The summed E-state index contributed by atoms with van der Waals surface area (Å²) in [5.74, 6) is -0.818. The molecule has 1 heterocycles. The predicted molar refractivity (Wildman–Crippen MR) is 73.8 cm³/mol. The molecule has 1 aromatic rings. The largest absolute Gasteiger partial charge is 0.481 e. The standard InChI is InChI=1S/C14H21NO2S/c1-10(2)15(9-11-5-4-8-18-11)13-7-3-6-12(13)14(16)17/h4-5,8,10,12-13H,3,6-7,9H2,1-2H3,(H,16,17). The highest BCUT2D eigenvalue weighted by molar-refractivity contribution is 7.09. The normalized spacial score (nSPS) is 24.0. The Morgan fingerprint density at radius 1 is 1.56 bits per heavy atom. The second kappa shape index (κ2) is 5.85. The van der Waals surface area contributed by atoms with Crippen molar-refractivity contribution in [1.82, 2.24) is 4.90 Å². The van der Waals surface area contributed by atoms with Crippen molar-refractivity contribution in [3.8, 4) is 0 Å². The van der Waals surface area contributed by atoms with Gasteiger partial charge in [0.2, 0.25) is 0 Å². The SMILES string of the molecule is CC(C)N(Cc1cccs1)C1CCCC1C(=O)O. The maximum Gasteiger partial charge on any atom is 0.308 e. The van der Waals surface area contributed by atoms with Gasteiger partial charge in [-0.3, -0.25) is 9.69 Å². The number of carbonyl (C=O) groups is 1. The number of carboxylic acid groups (broad SMARTS) is 1. The van der Waals surface area contributed by atoms with Crippen LogP contribution in [0.25, 0.3) is 0 Å². The molecular formula is C14H21NO2S. The summed E-state index contributed by atoms with van der Waals surface area (Å²) in [4.78, 5) is 15.0. The average Bonchev–Trinajstić information content (AvgIpc) is 2.96. The zero-order chi connectivity index (χ0) is 13.1. The van der Waals surface area contributed by atoms with Crippen molar-refractivity contribution < 1.29 is 9.90 Å². The monoisotopic (exact) mass is 267 g/mol. The number of thiophene rings is 1. The van der Waals surface area contributed by atoms with Gasteiger partial charge in [-0.1, -0.05) is 12.5 Å². The molecule has 4 heteroatoms. The minimum absolute atomic E-state index is 0.188. The van der Waals surface area contributed by atoms with E-state index in [0.29, 0.717) is 6.04 Å². The van der Waals surface area contributed by atoms with Gasteiger partial charge >= 0.3 is 5.97 Å². The Morgan fingerprint density at radius 3 is 2.89 bits per heavy atom. The first kappa shape index (κ1) is 13.6. The molecule has 1 fully saturated rings. The van der Waals surface area contributed by atoms with Gasteiger partial charge in [0.05, 0.1) is 5.92 Å². The predicted octanol–water partition coefficient (Wildman–Crippen LogP) is 3.21. The number of hydrogen-bond donors (Lipinski definition) is 1. The highest BCUT2D eigenvalue weighted by atomic mass is 32.1. The maximum atomic E-state index is 11.3. The smallest absolute Gasteiger partial charge is 0.308 e. The van der Waals surface area contributed by atoms with E-state index in [0.717, 1.165) is 25.8 Å². The van der Waals surface area contributed by atoms with Crippen LogP contribution in [0.5, 0.6) is 0 Å². The molecular weight excluding hydrogens is 246 g/mol. The van der Waals surface area contributed by atoms with Crippen LogP contribution in [0.3, 0.4) is 0 Å². The van der Waals surface area contributed by atoms with Gasteiger partial charge in [-0.25, -0.2) is 0 Å². The van der Waals surface area contributed by atoms with Gasteiger partial charge in [-0.05, 0) is 38.1 Å². The molecule has 0 bridgehead atoms. The molecule has 18 heavy (non-hydrogen) atoms. The lowest BCUT2D eigenvalue weighted by molar-refractivity contribution is -0.143. The third kappa shape index (κ3) is 2.93. The van der Waals surface area contributed by atoms with Crippen molar-refractivity contribution in [1.29, 1.82) is 0 Å². The molecule has 0 saturated heterocycles. The summed E-state index contributed by atoms with van der Waals surface area (Å²) in [7, 11) is 0. The number of carboxylic acids is 1. The molecule has 1 aliphatic rings. The van der Waals surface area contributed by atoms with Crippen molar-refractivity contribution in [2.24, 2.45) is 5.92 Å². The fraction of sp³-hybridized carbons (Fsp3) is 0.643. The molecule has 0 amide bonds. The van der Waals surface area contributed by atoms with Crippen LogP contribution in [-0.2, 0) is 11.3 Å². The van der Waals surface area contributed by atoms with Crippen molar-refractivity contribution >= 4 is 17.3 Å². The second-order valence-corrected chi connectivity index (χ2v) is 6.32. The molecule has 2 atom stereocenters. The van der Waals surface area contributed by atoms with Crippen molar-refractivity contribution in [2.75, 3.05) is 0 Å². The quantitative estimate of drug-likeness (QED) is 0.890. The third-order valence-corrected chi connectivity index (χ3v) is 4.67. The molecule has 0 aliphatic heterocycles. The summed E-state index contributed by atoms with van der Waals surface area (Å²) < 4.78 is 0. The molecule has 1 saturated carbocycles. The minimum Gasteiger partial charge on any atom is -0.481 e. The fourth-order valence-electron chi connectivity index (χ4n) is 2.89. The molecule has 0 spiro atoms. The van der Waals surface area contributed by atoms with Crippen molar-refractivity contribution in [3.05, 3.63) is 22.4 Å². The summed E-state index contributed by atoms with van der Waals surface area (Å²) in [6.45, 7) is 5.19. The van der Waals surface area contributed by atoms with E-state index in [2.05, 4.69) is 36.3 Å². The Bertz CT molecular complexity index is 389. The van der Waals surface area contributed by atoms with E-state index in [1.54, 1.807) is 11.3 Å². The van der Waals surface area contributed by atoms with Gasteiger partial charge in [0.25, 0.3) is 0 Å². The zero-order valence-corrected chi connectivity index (χ0v) is 11.8. The summed E-state index contributed by atoms with van der Waals surface area (Å²) in [6, 6.07) is 4.77. The van der Waals surface area contributed by atoms with Crippen LogP contribution in [0.15, 0.2) is 17.5 Å². The van der Waals surface area contributed by atoms with E-state index >= 15 is 0 Å². The van der Waals surface area contributed by atoms with E-state index in [1.165, 1.54) is 4.88 Å². The van der Waals surface area contributed by atoms with Crippen molar-refractivity contribution in [2.45, 2.75) is 51.7 Å². The van der Waals surface area contributed by atoms with Gasteiger partial charge in [-0.2, -0.15) is 0 Å². The van der Waals surface area contributed by atoms with Crippen LogP contribution in [-0.4, -0.2) is 28.1 Å². The van der Waals surface area contributed by atoms with Crippen LogP contribution in [0.1, 0.15) is 38.0 Å². The zero-order valence-electron chi connectivity index (χ0n) is 11.0. The molecule has 1 N–H and O–H groups in total. The van der Waals surface area contributed by atoms with Crippen LogP contribution in [0, 0.1) is 5.92 Å². The van der Waals surface area contributed by atoms with Crippen LogP contribution in [0.4, 0.5) is 0 Å². The Morgan fingerprint density at radius 2 is 2.33 bits per heavy atom. The van der Waals surface area contributed by atoms with Gasteiger partial charge in [0.15, 0.2) is 0 Å². The Labute approximate surface area is 112 Å². The summed E-state index contributed by atoms with van der Waals surface area (Å²) in [5.41, 5.74) is 0. The fourth-order valence-corrected chi connectivity index (χ4v) is 3.60. The lowest BCUT2D eigenvalue weighted by Gasteiger charge is -2.34. The van der Waals surface area contributed by atoms with E-state index < -0.39 is 5.97 Å². The molecule has 100 valence electrons. The van der Waals surface area contributed by atoms with Crippen LogP contribution in [0.2, 0.25) is 0 Å². The first-order valence-electron chi connectivity index (χ1n) is 6.60. The Kier molecular flexibility index (Phi) is 4.40. The van der Waals surface area contributed by atoms with Gasteiger partial charge in [0.1, 0.15) is 0 Å². The lowest BCUT2D eigenvalue weighted by Crippen LogP contribution is -2.43. The van der Waals surface area contributed by atoms with Gasteiger partial charge in [0, 0.05) is 23.5 Å². The first-order valence-corrected chi connectivity index (χ1v) is 7.48. The molecule has 2 unspecified atom stereocenters. The summed E-state index contributed by atoms with van der Waals surface area (Å²) >= 11 is 1.75. The Balaban J connectivity index is 2.12. The number of hydrogen-bond acceptors (Lipinski definition) is 3. The number of nitrogens with zero attached hydrogens (tertiary/aromatic N) is 1. The minimum atomic E-state index is -0.630. The number of rotatable bonds is 5. The third-order valence-electron chi connectivity index (χ3n) is 3.80. The van der Waals surface area contributed by atoms with Crippen molar-refractivity contribution in [3.63, 3.8) is 0 Å². The van der Waals surface area contributed by atoms with Gasteiger partial charge in [-0.15, -0.1) is 11.3 Å². The highest BCUT2D eigenvalue weighted by Gasteiger charge is 2.37. The Hall–Kier alpha value is -0.870. The van der Waals surface area contributed by atoms with E-state index in [1.807, 2.05) is 0 Å². The van der Waals surface area contributed by atoms with E-state index in [9.17, 15) is 9.90 Å².